The lowest BCUT2D eigenvalue weighted by molar-refractivity contribution is 0.0696. The van der Waals surface area contributed by atoms with Gasteiger partial charge in [-0.1, -0.05) is 30.3 Å². The van der Waals surface area contributed by atoms with Gasteiger partial charge in [0.05, 0.1) is 11.6 Å². The number of hydrogen-bond donors (Lipinski definition) is 2. The third-order valence-electron chi connectivity index (χ3n) is 5.62. The summed E-state index contributed by atoms with van der Waals surface area (Å²) in [5.74, 6) is -1.36. The predicted octanol–water partition coefficient (Wildman–Crippen LogP) is 4.98. The number of fused-ring (bicyclic) bond motifs is 1. The summed E-state index contributed by atoms with van der Waals surface area (Å²) in [4.78, 5) is 38.9. The van der Waals surface area contributed by atoms with Crippen LogP contribution in [0.5, 0.6) is 0 Å². The quantitative estimate of drug-likeness (QED) is 0.285. The molecule has 0 bridgehead atoms. The molecule has 0 aliphatic heterocycles. The number of para-hydroxylation sites is 1. The fourth-order valence-corrected chi connectivity index (χ4v) is 3.72. The summed E-state index contributed by atoms with van der Waals surface area (Å²) in [5.41, 5.74) is 2.44. The van der Waals surface area contributed by atoms with Crippen LogP contribution >= 0.6 is 0 Å². The minimum Gasteiger partial charge on any atom is -0.478 e. The molecule has 4 aromatic rings. The average molecular weight is 456 g/mol. The molecule has 1 atom stereocenters. The van der Waals surface area contributed by atoms with Crippen molar-refractivity contribution >= 4 is 34.1 Å². The molecule has 0 aliphatic rings. The van der Waals surface area contributed by atoms with Gasteiger partial charge >= 0.3 is 11.6 Å². The number of anilines is 2. The van der Waals surface area contributed by atoms with Crippen LogP contribution in [0, 0.1) is 0 Å². The van der Waals surface area contributed by atoms with Gasteiger partial charge in [-0.15, -0.1) is 0 Å². The number of aromatic carboxylic acids is 1. The zero-order chi connectivity index (χ0) is 24.2. The van der Waals surface area contributed by atoms with Gasteiger partial charge in [-0.2, -0.15) is 0 Å². The standard InChI is InChI=1S/C27H24N2O5/c1-29(2)21-13-9-17(10-14-21)23(28-20-11-7-18(8-12-20)26(31)32)16-24(30)22-15-19-5-3-4-6-25(19)34-27(22)33/h3-15,23,28H,16H2,1-2H3,(H,31,32). The highest BCUT2D eigenvalue weighted by atomic mass is 16.4. The van der Waals surface area contributed by atoms with Crippen LogP contribution in [0.1, 0.15) is 38.7 Å². The first-order valence-corrected chi connectivity index (χ1v) is 10.7. The van der Waals surface area contributed by atoms with Crippen molar-refractivity contribution in [3.05, 3.63) is 106 Å². The van der Waals surface area contributed by atoms with Crippen molar-refractivity contribution in [2.24, 2.45) is 0 Å². The van der Waals surface area contributed by atoms with Crippen molar-refractivity contribution in [2.45, 2.75) is 12.5 Å². The lowest BCUT2D eigenvalue weighted by Crippen LogP contribution is -2.20. The average Bonchev–Trinajstić information content (AvgIpc) is 2.83. The number of carbonyl (C=O) groups excluding carboxylic acids is 1. The first kappa shape index (κ1) is 22.8. The molecule has 0 aliphatic carbocycles. The zero-order valence-corrected chi connectivity index (χ0v) is 18.8. The molecule has 1 aromatic heterocycles. The minimum atomic E-state index is -1.01. The second kappa shape index (κ2) is 9.62. The van der Waals surface area contributed by atoms with Crippen LogP contribution in [0.25, 0.3) is 11.0 Å². The number of carboxylic acids is 1. The molecule has 3 aromatic carbocycles. The van der Waals surface area contributed by atoms with Gasteiger partial charge in [0.15, 0.2) is 5.78 Å². The molecule has 172 valence electrons. The molecule has 7 nitrogen and oxygen atoms in total. The maximum atomic E-state index is 13.2. The maximum Gasteiger partial charge on any atom is 0.347 e. The Morgan fingerprint density at radius 3 is 2.29 bits per heavy atom. The highest BCUT2D eigenvalue weighted by Crippen LogP contribution is 2.27. The van der Waals surface area contributed by atoms with Crippen molar-refractivity contribution in [1.82, 2.24) is 0 Å². The van der Waals surface area contributed by atoms with Crippen LogP contribution in [-0.2, 0) is 0 Å². The van der Waals surface area contributed by atoms with E-state index in [1.54, 1.807) is 36.4 Å². The number of carbonyl (C=O) groups is 2. The van der Waals surface area contributed by atoms with Crippen molar-refractivity contribution in [1.29, 1.82) is 0 Å². The lowest BCUT2D eigenvalue weighted by Gasteiger charge is -2.21. The Morgan fingerprint density at radius 2 is 1.65 bits per heavy atom. The Hall–Kier alpha value is -4.39. The van der Waals surface area contributed by atoms with Gasteiger partial charge in [0.25, 0.3) is 0 Å². The normalized spacial score (nSPS) is 11.7. The van der Waals surface area contributed by atoms with Gasteiger partial charge in [-0.25, -0.2) is 9.59 Å². The lowest BCUT2D eigenvalue weighted by atomic mass is 9.97. The minimum absolute atomic E-state index is 0.00311. The summed E-state index contributed by atoms with van der Waals surface area (Å²) in [6, 6.07) is 22.2. The highest BCUT2D eigenvalue weighted by Gasteiger charge is 2.21. The molecule has 7 heteroatoms. The molecule has 0 spiro atoms. The summed E-state index contributed by atoms with van der Waals surface area (Å²) in [5, 5.41) is 13.1. The van der Waals surface area contributed by atoms with Gasteiger partial charge in [-0.05, 0) is 54.1 Å². The number of Topliss-reactive ketones (excluding diaryl/α,β-unsaturated/α-hetero) is 1. The number of nitrogens with one attached hydrogen (secondary N) is 1. The molecule has 0 amide bonds. The Balaban J connectivity index is 1.65. The maximum absolute atomic E-state index is 13.2. The Kier molecular flexibility index (Phi) is 6.45. The summed E-state index contributed by atoms with van der Waals surface area (Å²) >= 11 is 0. The molecule has 0 fully saturated rings. The van der Waals surface area contributed by atoms with E-state index in [0.29, 0.717) is 16.7 Å². The van der Waals surface area contributed by atoms with E-state index in [2.05, 4.69) is 5.32 Å². The van der Waals surface area contributed by atoms with Gasteiger partial charge in [0, 0.05) is 37.3 Å². The molecule has 1 unspecified atom stereocenters. The zero-order valence-electron chi connectivity index (χ0n) is 18.8. The Bertz CT molecular complexity index is 1390. The molecular weight excluding hydrogens is 432 g/mol. The van der Waals surface area contributed by atoms with E-state index in [9.17, 15) is 14.4 Å². The fraction of sp³-hybridized carbons (Fsp3) is 0.148. The van der Waals surface area contributed by atoms with Crippen LogP contribution in [0.2, 0.25) is 0 Å². The monoisotopic (exact) mass is 456 g/mol. The van der Waals surface area contributed by atoms with E-state index < -0.39 is 17.6 Å². The number of ketones is 1. The van der Waals surface area contributed by atoms with E-state index in [4.69, 9.17) is 9.52 Å². The van der Waals surface area contributed by atoms with Gasteiger partial charge in [0.1, 0.15) is 11.1 Å². The van der Waals surface area contributed by atoms with E-state index >= 15 is 0 Å². The summed E-state index contributed by atoms with van der Waals surface area (Å²) in [6.07, 6.45) is 0.00505. The Labute approximate surface area is 196 Å². The molecular formula is C27H24N2O5. The summed E-state index contributed by atoms with van der Waals surface area (Å²) in [6.45, 7) is 0. The van der Waals surface area contributed by atoms with Gasteiger partial charge < -0.3 is 19.7 Å². The van der Waals surface area contributed by atoms with Crippen LogP contribution in [-0.4, -0.2) is 31.0 Å². The molecule has 0 saturated heterocycles. The first-order chi connectivity index (χ1) is 16.3. The first-order valence-electron chi connectivity index (χ1n) is 10.7. The van der Waals surface area contributed by atoms with E-state index in [0.717, 1.165) is 11.3 Å². The van der Waals surface area contributed by atoms with Gasteiger partial charge in [0.2, 0.25) is 0 Å². The summed E-state index contributed by atoms with van der Waals surface area (Å²) < 4.78 is 5.34. The number of carboxylic acid groups (broad SMARTS) is 1. The summed E-state index contributed by atoms with van der Waals surface area (Å²) in [7, 11) is 3.88. The molecule has 4 rings (SSSR count). The van der Waals surface area contributed by atoms with Crippen molar-refractivity contribution in [3.63, 3.8) is 0 Å². The number of hydrogen-bond acceptors (Lipinski definition) is 6. The molecule has 2 N–H and O–H groups in total. The van der Waals surface area contributed by atoms with Crippen LogP contribution in [0.3, 0.4) is 0 Å². The van der Waals surface area contributed by atoms with Gasteiger partial charge in [-0.3, -0.25) is 4.79 Å². The van der Waals surface area contributed by atoms with Crippen molar-refractivity contribution in [3.8, 4) is 0 Å². The third-order valence-corrected chi connectivity index (χ3v) is 5.62. The Morgan fingerprint density at radius 1 is 0.971 bits per heavy atom. The highest BCUT2D eigenvalue weighted by molar-refractivity contribution is 5.98. The van der Waals surface area contributed by atoms with Crippen LogP contribution in [0.4, 0.5) is 11.4 Å². The molecule has 0 radical (unpaired) electrons. The largest absolute Gasteiger partial charge is 0.478 e. The van der Waals surface area contributed by atoms with E-state index in [-0.39, 0.29) is 23.3 Å². The van der Waals surface area contributed by atoms with E-state index in [1.165, 1.54) is 12.1 Å². The second-order valence-corrected chi connectivity index (χ2v) is 8.18. The smallest absolute Gasteiger partial charge is 0.347 e. The topological polar surface area (TPSA) is 99.9 Å². The molecule has 0 saturated carbocycles. The van der Waals surface area contributed by atoms with Crippen LogP contribution in [0.15, 0.2) is 88.1 Å². The van der Waals surface area contributed by atoms with E-state index in [1.807, 2.05) is 49.3 Å². The second-order valence-electron chi connectivity index (χ2n) is 8.18. The number of nitrogens with zero attached hydrogens (tertiary/aromatic N) is 1. The van der Waals surface area contributed by atoms with Crippen LogP contribution < -0.4 is 15.8 Å². The predicted molar refractivity (Wildman–Crippen MR) is 132 cm³/mol. The SMILES string of the molecule is CN(C)c1ccc(C(CC(=O)c2cc3ccccc3oc2=O)Nc2ccc(C(=O)O)cc2)cc1. The third kappa shape index (κ3) is 4.99. The van der Waals surface area contributed by atoms with Crippen molar-refractivity contribution < 1.29 is 19.1 Å². The number of benzene rings is 3. The molecule has 34 heavy (non-hydrogen) atoms. The van der Waals surface area contributed by atoms with Crippen molar-refractivity contribution in [2.75, 3.05) is 24.3 Å². The molecule has 1 heterocycles. The fourth-order valence-electron chi connectivity index (χ4n) is 3.72. The number of rotatable bonds is 8.